The zero-order valence-corrected chi connectivity index (χ0v) is 15.7. The summed E-state index contributed by atoms with van der Waals surface area (Å²) in [4.78, 5) is 14.4. The van der Waals surface area contributed by atoms with E-state index in [1.165, 1.54) is 11.1 Å². The largest absolute Gasteiger partial charge is 0.481 e. The Bertz CT molecular complexity index is 754. The van der Waals surface area contributed by atoms with Crippen molar-refractivity contribution >= 4 is 5.97 Å². The number of carbonyl (C=O) groups is 1. The van der Waals surface area contributed by atoms with Crippen molar-refractivity contribution in [1.82, 2.24) is 10.2 Å². The summed E-state index contributed by atoms with van der Waals surface area (Å²) >= 11 is 0. The van der Waals surface area contributed by atoms with Crippen molar-refractivity contribution in [3.8, 4) is 0 Å². The molecule has 1 aliphatic carbocycles. The Hall–Kier alpha value is -2.17. The Balaban J connectivity index is 1.30. The fraction of sp³-hybridized carbons (Fsp3) is 0.435. The van der Waals surface area contributed by atoms with Crippen LogP contribution in [-0.4, -0.2) is 41.7 Å². The van der Waals surface area contributed by atoms with Crippen LogP contribution in [-0.2, 0) is 11.3 Å². The van der Waals surface area contributed by atoms with Crippen LogP contribution in [0.1, 0.15) is 36.3 Å². The Morgan fingerprint density at radius 1 is 1.04 bits per heavy atom. The number of carboxylic acid groups (broad SMARTS) is 1. The molecule has 2 unspecified atom stereocenters. The summed E-state index contributed by atoms with van der Waals surface area (Å²) in [6.07, 6.45) is 2.54. The lowest BCUT2D eigenvalue weighted by molar-refractivity contribution is -0.151. The van der Waals surface area contributed by atoms with E-state index in [9.17, 15) is 9.90 Å². The van der Waals surface area contributed by atoms with Gasteiger partial charge in [0.15, 0.2) is 0 Å². The van der Waals surface area contributed by atoms with E-state index in [1.54, 1.807) is 0 Å². The zero-order chi connectivity index (χ0) is 18.7. The molecule has 1 saturated heterocycles. The molecule has 2 aromatic rings. The van der Waals surface area contributed by atoms with Gasteiger partial charge in [-0.25, -0.2) is 0 Å². The van der Waals surface area contributed by atoms with E-state index < -0.39 is 11.4 Å². The van der Waals surface area contributed by atoms with E-state index in [1.807, 2.05) is 12.1 Å². The third-order valence-electron chi connectivity index (χ3n) is 6.24. The molecular formula is C23H28N2O2. The van der Waals surface area contributed by atoms with Crippen LogP contribution in [0.15, 0.2) is 60.7 Å². The zero-order valence-electron chi connectivity index (χ0n) is 15.7. The molecule has 4 heteroatoms. The van der Waals surface area contributed by atoms with Crippen LogP contribution in [0, 0.1) is 5.41 Å². The Kier molecular flexibility index (Phi) is 5.28. The van der Waals surface area contributed by atoms with Crippen molar-refractivity contribution in [2.24, 2.45) is 5.41 Å². The lowest BCUT2D eigenvalue weighted by Gasteiger charge is -2.39. The van der Waals surface area contributed by atoms with Crippen molar-refractivity contribution in [2.45, 2.75) is 37.8 Å². The molecule has 1 heterocycles. The van der Waals surface area contributed by atoms with Gasteiger partial charge in [0.05, 0.1) is 5.41 Å². The molecule has 2 N–H and O–H groups in total. The molecule has 27 heavy (non-hydrogen) atoms. The second kappa shape index (κ2) is 7.83. The smallest absolute Gasteiger partial charge is 0.311 e. The number of benzene rings is 2. The van der Waals surface area contributed by atoms with Gasteiger partial charge >= 0.3 is 5.97 Å². The molecule has 0 radical (unpaired) electrons. The van der Waals surface area contributed by atoms with Crippen LogP contribution in [0.4, 0.5) is 0 Å². The molecule has 1 aliphatic heterocycles. The second-order valence-electron chi connectivity index (χ2n) is 8.09. The van der Waals surface area contributed by atoms with Crippen LogP contribution < -0.4 is 5.32 Å². The van der Waals surface area contributed by atoms with Crippen molar-refractivity contribution in [3.05, 3.63) is 71.8 Å². The van der Waals surface area contributed by atoms with Crippen molar-refractivity contribution < 1.29 is 9.90 Å². The molecule has 1 saturated carbocycles. The average Bonchev–Trinajstić information content (AvgIpc) is 3.49. The summed E-state index contributed by atoms with van der Waals surface area (Å²) in [7, 11) is 0. The molecule has 0 aromatic heterocycles. The van der Waals surface area contributed by atoms with E-state index >= 15 is 0 Å². The quantitative estimate of drug-likeness (QED) is 0.790. The summed E-state index contributed by atoms with van der Waals surface area (Å²) in [5.74, 6) is -0.110. The number of piperidine rings is 1. The maximum Gasteiger partial charge on any atom is 0.311 e. The lowest BCUT2D eigenvalue weighted by atomic mass is 9.78. The topological polar surface area (TPSA) is 52.6 Å². The van der Waals surface area contributed by atoms with Crippen molar-refractivity contribution in [1.29, 1.82) is 0 Å². The number of nitrogens with zero attached hydrogens (tertiary/aromatic N) is 1. The minimum atomic E-state index is -0.647. The minimum absolute atomic E-state index is 0.422. The van der Waals surface area contributed by atoms with Gasteiger partial charge in [0.1, 0.15) is 0 Å². The van der Waals surface area contributed by atoms with Gasteiger partial charge < -0.3 is 10.4 Å². The molecule has 2 fully saturated rings. The number of rotatable bonds is 7. The van der Waals surface area contributed by atoms with Crippen molar-refractivity contribution in [2.75, 3.05) is 19.6 Å². The van der Waals surface area contributed by atoms with E-state index in [-0.39, 0.29) is 0 Å². The van der Waals surface area contributed by atoms with E-state index in [4.69, 9.17) is 0 Å². The first-order valence-corrected chi connectivity index (χ1v) is 9.94. The highest BCUT2D eigenvalue weighted by molar-refractivity contribution is 5.75. The van der Waals surface area contributed by atoms with Gasteiger partial charge in [-0.2, -0.15) is 0 Å². The number of hydrogen-bond donors (Lipinski definition) is 2. The van der Waals surface area contributed by atoms with Crippen molar-refractivity contribution in [3.63, 3.8) is 0 Å². The fourth-order valence-electron chi connectivity index (χ4n) is 4.26. The van der Waals surface area contributed by atoms with Crippen LogP contribution in [0.3, 0.4) is 0 Å². The number of aliphatic carboxylic acids is 1. The first-order valence-electron chi connectivity index (χ1n) is 9.94. The first-order chi connectivity index (χ1) is 13.2. The second-order valence-corrected chi connectivity index (χ2v) is 8.09. The van der Waals surface area contributed by atoms with Crippen LogP contribution in [0.5, 0.6) is 0 Å². The molecular weight excluding hydrogens is 336 g/mol. The fourth-order valence-corrected chi connectivity index (χ4v) is 4.26. The predicted molar refractivity (Wildman–Crippen MR) is 107 cm³/mol. The predicted octanol–water partition coefficient (Wildman–Crippen LogP) is 3.50. The number of nitrogens with one attached hydrogen (secondary N) is 1. The Labute approximate surface area is 161 Å². The molecule has 2 atom stereocenters. The highest BCUT2D eigenvalue weighted by atomic mass is 16.4. The summed E-state index contributed by atoms with van der Waals surface area (Å²) in [5.41, 5.74) is 2.02. The van der Waals surface area contributed by atoms with E-state index in [0.717, 1.165) is 26.1 Å². The third kappa shape index (κ3) is 4.23. The van der Waals surface area contributed by atoms with Gasteiger partial charge in [-0.3, -0.25) is 9.69 Å². The molecule has 0 amide bonds. The lowest BCUT2D eigenvalue weighted by Crippen LogP contribution is -2.49. The maximum absolute atomic E-state index is 12.1. The molecule has 4 nitrogen and oxygen atoms in total. The van der Waals surface area contributed by atoms with Gasteiger partial charge in [0, 0.05) is 25.0 Å². The number of hydrogen-bond acceptors (Lipinski definition) is 3. The molecule has 142 valence electrons. The summed E-state index contributed by atoms with van der Waals surface area (Å²) < 4.78 is 0. The Morgan fingerprint density at radius 2 is 1.67 bits per heavy atom. The number of carboxylic acids is 1. The molecule has 4 rings (SSSR count). The van der Waals surface area contributed by atoms with Gasteiger partial charge in [0.2, 0.25) is 0 Å². The molecule has 0 bridgehead atoms. The first kappa shape index (κ1) is 18.2. The van der Waals surface area contributed by atoms with Crippen LogP contribution >= 0.6 is 0 Å². The van der Waals surface area contributed by atoms with E-state index in [0.29, 0.717) is 31.3 Å². The SMILES string of the molecule is O=C(O)C1(CNC2CC2c2ccccc2)CCN(Cc2ccccc2)CC1. The van der Waals surface area contributed by atoms with Crippen LogP contribution in [0.2, 0.25) is 0 Å². The third-order valence-corrected chi connectivity index (χ3v) is 6.24. The Morgan fingerprint density at radius 3 is 2.30 bits per heavy atom. The maximum atomic E-state index is 12.1. The summed E-state index contributed by atoms with van der Waals surface area (Å²) in [6, 6.07) is 21.4. The van der Waals surface area contributed by atoms with E-state index in [2.05, 4.69) is 58.7 Å². The van der Waals surface area contributed by atoms with Crippen LogP contribution in [0.25, 0.3) is 0 Å². The summed E-state index contributed by atoms with van der Waals surface area (Å²) in [5, 5.41) is 13.5. The van der Waals surface area contributed by atoms with Gasteiger partial charge in [0.25, 0.3) is 0 Å². The highest BCUT2D eigenvalue weighted by Crippen LogP contribution is 2.42. The normalized spacial score (nSPS) is 24.4. The highest BCUT2D eigenvalue weighted by Gasteiger charge is 2.44. The number of likely N-dealkylation sites (tertiary alicyclic amines) is 1. The molecule has 2 aliphatic rings. The summed E-state index contributed by atoms with van der Waals surface area (Å²) in [6.45, 7) is 3.17. The standard InChI is InChI=1S/C23H28N2O2/c26-22(27)23(17-24-21-15-20(21)19-9-5-2-6-10-19)11-13-25(14-12-23)16-18-7-3-1-4-8-18/h1-10,20-21,24H,11-17H2,(H,26,27). The average molecular weight is 364 g/mol. The van der Waals surface area contributed by atoms with Gasteiger partial charge in [-0.15, -0.1) is 0 Å². The van der Waals surface area contributed by atoms with Gasteiger partial charge in [-0.05, 0) is 43.5 Å². The monoisotopic (exact) mass is 364 g/mol. The molecule has 0 spiro atoms. The molecule has 2 aromatic carbocycles. The van der Waals surface area contributed by atoms with Gasteiger partial charge in [-0.1, -0.05) is 60.7 Å². The minimum Gasteiger partial charge on any atom is -0.481 e.